The first-order valence-corrected chi connectivity index (χ1v) is 10.9. The van der Waals surface area contributed by atoms with Crippen LogP contribution in [0.1, 0.15) is 15.9 Å². The van der Waals surface area contributed by atoms with Crippen molar-refractivity contribution in [2.24, 2.45) is 0 Å². The van der Waals surface area contributed by atoms with Crippen molar-refractivity contribution in [1.82, 2.24) is 10.2 Å². The molecule has 27 heavy (non-hydrogen) atoms. The fourth-order valence-electron chi connectivity index (χ4n) is 2.17. The van der Waals surface area contributed by atoms with Crippen molar-refractivity contribution < 1.29 is 14.3 Å². The van der Waals surface area contributed by atoms with Gasteiger partial charge in [0, 0.05) is 11.3 Å². The Morgan fingerprint density at radius 1 is 0.889 bits per heavy atom. The summed E-state index contributed by atoms with van der Waals surface area (Å²) in [5.74, 6) is 2.80. The maximum atomic E-state index is 12.3. The van der Waals surface area contributed by atoms with Crippen LogP contribution >= 0.6 is 34.9 Å². The average Bonchev–Trinajstić information content (AvgIpc) is 3.19. The number of ketones is 1. The molecule has 0 aliphatic heterocycles. The minimum absolute atomic E-state index is 0.0605. The number of methoxy groups -OCH3 is 2. The van der Waals surface area contributed by atoms with Crippen LogP contribution in [-0.2, 0) is 5.75 Å². The number of aromatic nitrogens is 2. The number of rotatable bonds is 9. The predicted molar refractivity (Wildman–Crippen MR) is 111 cm³/mol. The van der Waals surface area contributed by atoms with Gasteiger partial charge in [-0.25, -0.2) is 0 Å². The zero-order valence-corrected chi connectivity index (χ0v) is 17.3. The number of ether oxygens (including phenoxy) is 2. The molecule has 1 heterocycles. The molecule has 0 atom stereocenters. The number of benzene rings is 2. The molecule has 140 valence electrons. The van der Waals surface area contributed by atoms with Gasteiger partial charge in [-0.15, -0.1) is 10.2 Å². The molecule has 0 bridgehead atoms. The topological polar surface area (TPSA) is 61.3 Å². The van der Waals surface area contributed by atoms with E-state index < -0.39 is 0 Å². The first-order valence-electron chi connectivity index (χ1n) is 8.07. The molecule has 0 radical (unpaired) electrons. The van der Waals surface area contributed by atoms with E-state index in [1.165, 1.54) is 28.7 Å². The van der Waals surface area contributed by atoms with E-state index in [0.29, 0.717) is 11.3 Å². The maximum Gasteiger partial charge on any atom is 0.175 e. The molecular weight excluding hydrogens is 400 g/mol. The Hall–Kier alpha value is -2.03. The lowest BCUT2D eigenvalue weighted by Crippen LogP contribution is -2.02. The smallest absolute Gasteiger partial charge is 0.175 e. The van der Waals surface area contributed by atoms with E-state index in [9.17, 15) is 4.79 Å². The van der Waals surface area contributed by atoms with Crippen molar-refractivity contribution in [2.75, 3.05) is 20.0 Å². The SMILES string of the molecule is COc1ccc(CSc2nnc(SCC(=O)c3ccc(OC)cc3)s2)cc1. The van der Waals surface area contributed by atoms with E-state index in [4.69, 9.17) is 9.47 Å². The summed E-state index contributed by atoms with van der Waals surface area (Å²) in [5, 5.41) is 8.36. The number of Topliss-reactive ketones (excluding diaryl/α,β-unsaturated/α-hetero) is 1. The van der Waals surface area contributed by atoms with E-state index in [0.717, 1.165) is 25.9 Å². The lowest BCUT2D eigenvalue weighted by atomic mass is 10.1. The standard InChI is InChI=1S/C19H18N2O3S3/c1-23-15-7-3-13(4-8-15)11-25-18-20-21-19(27-18)26-12-17(22)14-5-9-16(24-2)10-6-14/h3-10H,11-12H2,1-2H3. The van der Waals surface area contributed by atoms with Gasteiger partial charge >= 0.3 is 0 Å². The molecule has 3 aromatic rings. The van der Waals surface area contributed by atoms with Gasteiger partial charge in [0.2, 0.25) is 0 Å². The van der Waals surface area contributed by atoms with Crippen molar-refractivity contribution in [3.63, 3.8) is 0 Å². The van der Waals surface area contributed by atoms with Gasteiger partial charge in [0.05, 0.1) is 20.0 Å². The zero-order valence-electron chi connectivity index (χ0n) is 14.9. The molecule has 0 aliphatic rings. The van der Waals surface area contributed by atoms with Gasteiger partial charge in [-0.3, -0.25) is 4.79 Å². The highest BCUT2D eigenvalue weighted by atomic mass is 32.2. The van der Waals surface area contributed by atoms with Gasteiger partial charge < -0.3 is 9.47 Å². The fourth-order valence-corrected chi connectivity index (χ4v) is 5.04. The Bertz CT molecular complexity index is 880. The van der Waals surface area contributed by atoms with Crippen molar-refractivity contribution in [2.45, 2.75) is 14.4 Å². The molecule has 0 unspecified atom stereocenters. The second-order valence-electron chi connectivity index (χ2n) is 5.41. The summed E-state index contributed by atoms with van der Waals surface area (Å²) in [7, 11) is 3.26. The third-order valence-electron chi connectivity index (χ3n) is 3.65. The summed E-state index contributed by atoms with van der Waals surface area (Å²) >= 11 is 4.56. The van der Waals surface area contributed by atoms with Crippen LogP contribution in [0, 0.1) is 0 Å². The highest BCUT2D eigenvalue weighted by Gasteiger charge is 2.11. The summed E-state index contributed by atoms with van der Waals surface area (Å²) in [6.45, 7) is 0. The van der Waals surface area contributed by atoms with E-state index >= 15 is 0 Å². The highest BCUT2D eigenvalue weighted by Crippen LogP contribution is 2.31. The number of hydrogen-bond acceptors (Lipinski definition) is 8. The third kappa shape index (κ3) is 5.72. The Morgan fingerprint density at radius 2 is 1.44 bits per heavy atom. The van der Waals surface area contributed by atoms with Crippen LogP contribution in [-0.4, -0.2) is 36.0 Å². The van der Waals surface area contributed by atoms with Gasteiger partial charge in [0.15, 0.2) is 14.5 Å². The molecule has 0 aliphatic carbocycles. The Labute approximate surface area is 170 Å². The second kappa shape index (κ2) is 9.77. The summed E-state index contributed by atoms with van der Waals surface area (Å²) in [6, 6.07) is 15.1. The lowest BCUT2D eigenvalue weighted by molar-refractivity contribution is 0.102. The van der Waals surface area contributed by atoms with Crippen LogP contribution in [0.5, 0.6) is 11.5 Å². The highest BCUT2D eigenvalue weighted by molar-refractivity contribution is 8.03. The van der Waals surface area contributed by atoms with Crippen LogP contribution in [0.15, 0.2) is 57.2 Å². The molecule has 0 saturated heterocycles. The predicted octanol–water partition coefficient (Wildman–Crippen LogP) is 4.82. The third-order valence-corrected chi connectivity index (χ3v) is 6.91. The van der Waals surface area contributed by atoms with Crippen LogP contribution < -0.4 is 9.47 Å². The largest absolute Gasteiger partial charge is 0.497 e. The van der Waals surface area contributed by atoms with Gasteiger partial charge in [0.25, 0.3) is 0 Å². The van der Waals surface area contributed by atoms with E-state index in [-0.39, 0.29) is 5.78 Å². The first-order chi connectivity index (χ1) is 13.2. The molecule has 0 saturated carbocycles. The minimum Gasteiger partial charge on any atom is -0.497 e. The van der Waals surface area contributed by atoms with Crippen LogP contribution in [0.3, 0.4) is 0 Å². The fraction of sp³-hybridized carbons (Fsp3) is 0.211. The average molecular weight is 419 g/mol. The Kier molecular flexibility index (Phi) is 7.14. The molecule has 0 N–H and O–H groups in total. The molecule has 3 rings (SSSR count). The maximum absolute atomic E-state index is 12.3. The summed E-state index contributed by atoms with van der Waals surface area (Å²) < 4.78 is 12.0. The normalized spacial score (nSPS) is 10.6. The molecule has 8 heteroatoms. The first kappa shape index (κ1) is 19.7. The number of carbonyl (C=O) groups excluding carboxylic acids is 1. The van der Waals surface area contributed by atoms with E-state index in [1.54, 1.807) is 50.2 Å². The zero-order chi connectivity index (χ0) is 19.1. The van der Waals surface area contributed by atoms with Gasteiger partial charge in [0.1, 0.15) is 11.5 Å². The van der Waals surface area contributed by atoms with Crippen molar-refractivity contribution >= 4 is 40.6 Å². The summed E-state index contributed by atoms with van der Waals surface area (Å²) in [4.78, 5) is 12.3. The van der Waals surface area contributed by atoms with Crippen molar-refractivity contribution in [3.05, 3.63) is 59.7 Å². The number of carbonyl (C=O) groups is 1. The van der Waals surface area contributed by atoms with E-state index in [2.05, 4.69) is 10.2 Å². The Morgan fingerprint density at radius 3 is 2.04 bits per heavy atom. The van der Waals surface area contributed by atoms with Crippen molar-refractivity contribution in [1.29, 1.82) is 0 Å². The van der Waals surface area contributed by atoms with Gasteiger partial charge in [-0.2, -0.15) is 0 Å². The van der Waals surface area contributed by atoms with Crippen LogP contribution in [0.4, 0.5) is 0 Å². The van der Waals surface area contributed by atoms with Gasteiger partial charge in [-0.05, 0) is 42.0 Å². The molecule has 2 aromatic carbocycles. The molecule has 5 nitrogen and oxygen atoms in total. The molecule has 0 spiro atoms. The monoisotopic (exact) mass is 418 g/mol. The molecule has 0 fully saturated rings. The lowest BCUT2D eigenvalue weighted by Gasteiger charge is -2.02. The number of thioether (sulfide) groups is 2. The quantitative estimate of drug-likeness (QED) is 0.364. The number of hydrogen-bond donors (Lipinski definition) is 0. The number of nitrogens with zero attached hydrogens (tertiary/aromatic N) is 2. The van der Waals surface area contributed by atoms with Gasteiger partial charge in [-0.1, -0.05) is 47.0 Å². The summed E-state index contributed by atoms with van der Waals surface area (Å²) in [6.07, 6.45) is 0. The Balaban J connectivity index is 1.48. The van der Waals surface area contributed by atoms with Crippen LogP contribution in [0.25, 0.3) is 0 Å². The van der Waals surface area contributed by atoms with Crippen LogP contribution in [0.2, 0.25) is 0 Å². The van der Waals surface area contributed by atoms with Crippen molar-refractivity contribution in [3.8, 4) is 11.5 Å². The minimum atomic E-state index is 0.0605. The molecule has 1 aromatic heterocycles. The second-order valence-corrected chi connectivity index (χ2v) is 8.83. The summed E-state index contributed by atoms with van der Waals surface area (Å²) in [5.41, 5.74) is 1.86. The van der Waals surface area contributed by atoms with E-state index in [1.807, 2.05) is 24.3 Å². The molecular formula is C19H18N2O3S3. The molecule has 0 amide bonds.